The van der Waals surface area contributed by atoms with Gasteiger partial charge in [0.05, 0.1) is 5.71 Å². The van der Waals surface area contributed by atoms with Crippen molar-refractivity contribution in [1.82, 2.24) is 0 Å². The van der Waals surface area contributed by atoms with E-state index < -0.39 is 0 Å². The van der Waals surface area contributed by atoms with E-state index in [4.69, 9.17) is 9.41 Å². The summed E-state index contributed by atoms with van der Waals surface area (Å²) in [6.45, 7) is 6.18. The highest BCUT2D eigenvalue weighted by atomic mass is 16.3. The van der Waals surface area contributed by atoms with Crippen molar-refractivity contribution in [2.75, 3.05) is 0 Å². The van der Waals surface area contributed by atoms with Gasteiger partial charge in [0, 0.05) is 27.4 Å². The van der Waals surface area contributed by atoms with E-state index in [1.54, 1.807) is 0 Å². The minimum atomic E-state index is 0.863. The standard InChI is InChI=1S/C23H21NO/c1-4-15(3)24-21(5-2)20-12-8-11-18-19-14-13-16-9-6-7-10-17(16)22(19)25-23(18)20/h4,6-14H,5H2,1-3H3/b15-4-,24-21?. The number of nitrogens with zero attached hydrogens (tertiary/aromatic N) is 1. The fraction of sp³-hybridized carbons (Fsp3) is 0.174. The molecule has 0 saturated carbocycles. The topological polar surface area (TPSA) is 25.5 Å². The van der Waals surface area contributed by atoms with Crippen LogP contribution in [0, 0.1) is 0 Å². The summed E-state index contributed by atoms with van der Waals surface area (Å²) in [6, 6.07) is 19.0. The Labute approximate surface area is 147 Å². The van der Waals surface area contributed by atoms with E-state index in [2.05, 4.69) is 61.5 Å². The Kier molecular flexibility index (Phi) is 3.89. The Morgan fingerprint density at radius 1 is 0.920 bits per heavy atom. The number of hydrogen-bond acceptors (Lipinski definition) is 2. The highest BCUT2D eigenvalue weighted by Gasteiger charge is 2.15. The zero-order valence-corrected chi connectivity index (χ0v) is 14.8. The molecule has 0 aliphatic rings. The molecule has 0 N–H and O–H groups in total. The van der Waals surface area contributed by atoms with Crippen molar-refractivity contribution in [3.05, 3.63) is 71.9 Å². The third-order valence-corrected chi connectivity index (χ3v) is 4.76. The summed E-state index contributed by atoms with van der Waals surface area (Å²) in [6.07, 6.45) is 2.89. The number of para-hydroxylation sites is 1. The number of benzene rings is 3. The van der Waals surface area contributed by atoms with E-state index >= 15 is 0 Å². The molecule has 4 aromatic rings. The summed E-state index contributed by atoms with van der Waals surface area (Å²) in [5.74, 6) is 0. The Hall–Kier alpha value is -2.87. The average Bonchev–Trinajstić information content (AvgIpc) is 3.05. The number of rotatable bonds is 3. The maximum atomic E-state index is 6.39. The number of allylic oxidation sites excluding steroid dienone is 2. The molecule has 0 spiro atoms. The van der Waals surface area contributed by atoms with Crippen molar-refractivity contribution in [2.45, 2.75) is 27.2 Å². The average molecular weight is 327 g/mol. The molecule has 0 aliphatic carbocycles. The molecule has 0 atom stereocenters. The largest absolute Gasteiger partial charge is 0.455 e. The van der Waals surface area contributed by atoms with Crippen LogP contribution in [0.25, 0.3) is 32.7 Å². The van der Waals surface area contributed by atoms with Crippen molar-refractivity contribution in [3.63, 3.8) is 0 Å². The second-order valence-corrected chi connectivity index (χ2v) is 6.29. The monoisotopic (exact) mass is 327 g/mol. The minimum Gasteiger partial charge on any atom is -0.455 e. The van der Waals surface area contributed by atoms with E-state index in [0.29, 0.717) is 0 Å². The zero-order valence-electron chi connectivity index (χ0n) is 14.8. The van der Waals surface area contributed by atoms with Crippen LogP contribution in [0.2, 0.25) is 0 Å². The zero-order chi connectivity index (χ0) is 17.4. The van der Waals surface area contributed by atoms with Gasteiger partial charge in [-0.05, 0) is 37.8 Å². The van der Waals surface area contributed by atoms with Gasteiger partial charge in [0.15, 0.2) is 0 Å². The summed E-state index contributed by atoms with van der Waals surface area (Å²) < 4.78 is 6.39. The summed E-state index contributed by atoms with van der Waals surface area (Å²) in [4.78, 5) is 4.78. The molecule has 0 saturated heterocycles. The molecule has 0 unspecified atom stereocenters. The fourth-order valence-corrected chi connectivity index (χ4v) is 3.36. The Balaban J connectivity index is 2.07. The highest BCUT2D eigenvalue weighted by molar-refractivity contribution is 6.19. The molecular formula is C23H21NO. The lowest BCUT2D eigenvalue weighted by atomic mass is 10.0. The van der Waals surface area contributed by atoms with E-state index in [1.807, 2.05) is 19.9 Å². The second-order valence-electron chi connectivity index (χ2n) is 6.29. The van der Waals surface area contributed by atoms with Gasteiger partial charge in [-0.25, -0.2) is 0 Å². The van der Waals surface area contributed by atoms with Crippen LogP contribution >= 0.6 is 0 Å². The summed E-state index contributed by atoms with van der Waals surface area (Å²) >= 11 is 0. The van der Waals surface area contributed by atoms with Crippen LogP contribution in [0.4, 0.5) is 0 Å². The van der Waals surface area contributed by atoms with Crippen molar-refractivity contribution >= 4 is 38.4 Å². The Morgan fingerprint density at radius 2 is 1.68 bits per heavy atom. The first-order chi connectivity index (χ1) is 12.2. The fourth-order valence-electron chi connectivity index (χ4n) is 3.36. The molecule has 1 heterocycles. The van der Waals surface area contributed by atoms with Gasteiger partial charge < -0.3 is 4.42 Å². The third-order valence-electron chi connectivity index (χ3n) is 4.76. The normalized spacial score (nSPS) is 13.2. The van der Waals surface area contributed by atoms with E-state index in [1.165, 1.54) is 5.39 Å². The van der Waals surface area contributed by atoms with Crippen molar-refractivity contribution in [3.8, 4) is 0 Å². The molecule has 0 fully saturated rings. The number of aliphatic imine (C=N–C) groups is 1. The van der Waals surface area contributed by atoms with Crippen LogP contribution in [-0.4, -0.2) is 5.71 Å². The third kappa shape index (κ3) is 2.54. The molecule has 0 amide bonds. The van der Waals surface area contributed by atoms with Gasteiger partial charge in [-0.1, -0.05) is 55.5 Å². The Bertz CT molecular complexity index is 1140. The van der Waals surface area contributed by atoms with Crippen molar-refractivity contribution in [1.29, 1.82) is 0 Å². The quantitative estimate of drug-likeness (QED) is 0.377. The first-order valence-corrected chi connectivity index (χ1v) is 8.76. The summed E-state index contributed by atoms with van der Waals surface area (Å²) in [5, 5.41) is 4.66. The van der Waals surface area contributed by atoms with Crippen LogP contribution in [-0.2, 0) is 0 Å². The van der Waals surface area contributed by atoms with Crippen molar-refractivity contribution in [2.24, 2.45) is 4.99 Å². The Morgan fingerprint density at radius 3 is 2.48 bits per heavy atom. The molecule has 0 radical (unpaired) electrons. The molecule has 124 valence electrons. The maximum absolute atomic E-state index is 6.39. The lowest BCUT2D eigenvalue weighted by Crippen LogP contribution is -1.99. The van der Waals surface area contributed by atoms with E-state index in [9.17, 15) is 0 Å². The summed E-state index contributed by atoms with van der Waals surface area (Å²) in [5.41, 5.74) is 5.05. The first-order valence-electron chi connectivity index (χ1n) is 8.76. The number of fused-ring (bicyclic) bond motifs is 5. The molecule has 0 aliphatic heterocycles. The predicted molar refractivity (Wildman–Crippen MR) is 107 cm³/mol. The predicted octanol–water partition coefficient (Wildman–Crippen LogP) is 6.86. The maximum Gasteiger partial charge on any atom is 0.144 e. The second kappa shape index (κ2) is 6.21. The summed E-state index contributed by atoms with van der Waals surface area (Å²) in [7, 11) is 0. The molecule has 0 bridgehead atoms. The first kappa shape index (κ1) is 15.6. The van der Waals surface area contributed by atoms with Crippen LogP contribution in [0.1, 0.15) is 32.8 Å². The van der Waals surface area contributed by atoms with Gasteiger partial charge in [-0.2, -0.15) is 0 Å². The molecular weight excluding hydrogens is 306 g/mol. The van der Waals surface area contributed by atoms with Gasteiger partial charge in [0.25, 0.3) is 0 Å². The van der Waals surface area contributed by atoms with Gasteiger partial charge in [0.2, 0.25) is 0 Å². The van der Waals surface area contributed by atoms with Crippen LogP contribution < -0.4 is 0 Å². The lowest BCUT2D eigenvalue weighted by Gasteiger charge is -2.05. The number of hydrogen-bond donors (Lipinski definition) is 0. The van der Waals surface area contributed by atoms with Gasteiger partial charge in [0.1, 0.15) is 11.2 Å². The van der Waals surface area contributed by atoms with Crippen LogP contribution in [0.5, 0.6) is 0 Å². The van der Waals surface area contributed by atoms with Gasteiger partial charge >= 0.3 is 0 Å². The smallest absolute Gasteiger partial charge is 0.144 e. The van der Waals surface area contributed by atoms with Crippen LogP contribution in [0.3, 0.4) is 0 Å². The van der Waals surface area contributed by atoms with Gasteiger partial charge in [-0.15, -0.1) is 0 Å². The molecule has 2 nitrogen and oxygen atoms in total. The highest BCUT2D eigenvalue weighted by Crippen LogP contribution is 2.35. The molecule has 2 heteroatoms. The minimum absolute atomic E-state index is 0.863. The van der Waals surface area contributed by atoms with E-state index in [0.717, 1.165) is 50.7 Å². The van der Waals surface area contributed by atoms with Gasteiger partial charge in [-0.3, -0.25) is 4.99 Å². The molecule has 3 aromatic carbocycles. The SMILES string of the molecule is C/C=C(/C)N=C(CC)c1cccc2c1oc1c3ccccc3ccc21. The molecule has 1 aromatic heterocycles. The van der Waals surface area contributed by atoms with E-state index in [-0.39, 0.29) is 0 Å². The number of furan rings is 1. The van der Waals surface area contributed by atoms with Crippen molar-refractivity contribution < 1.29 is 4.42 Å². The molecule has 25 heavy (non-hydrogen) atoms. The molecule has 4 rings (SSSR count). The van der Waals surface area contributed by atoms with Crippen LogP contribution in [0.15, 0.2) is 75.8 Å². The lowest BCUT2D eigenvalue weighted by molar-refractivity contribution is 0.671.